The number of piperazine rings is 1. The Labute approximate surface area is 181 Å². The molecule has 30 heavy (non-hydrogen) atoms. The highest BCUT2D eigenvalue weighted by Crippen LogP contribution is 2.24. The van der Waals surface area contributed by atoms with E-state index in [-0.39, 0.29) is 0 Å². The first-order valence-electron chi connectivity index (χ1n) is 10.1. The maximum absolute atomic E-state index is 13.0. The minimum atomic E-state index is -3.48. The van der Waals surface area contributed by atoms with Gasteiger partial charge in [0.2, 0.25) is 21.7 Å². The van der Waals surface area contributed by atoms with Crippen LogP contribution in [0.3, 0.4) is 0 Å². The molecule has 160 valence electrons. The molecule has 1 aliphatic heterocycles. The molecule has 3 aromatic rings. The standard InChI is InChI=1S/C21H26N4O3S2/c1-3-16(2)17-4-6-19(7-5-17)30(26,27)25-11-9-24(10-12-25)14-20-22-21(23-28-20)18-8-13-29-15-18/h4-8,13,15-16H,3,9-12,14H2,1-2H3. The van der Waals surface area contributed by atoms with Gasteiger partial charge in [0, 0.05) is 37.1 Å². The van der Waals surface area contributed by atoms with Crippen molar-refractivity contribution in [3.8, 4) is 11.4 Å². The Morgan fingerprint density at radius 3 is 2.50 bits per heavy atom. The van der Waals surface area contributed by atoms with E-state index in [0.717, 1.165) is 12.0 Å². The zero-order valence-electron chi connectivity index (χ0n) is 17.2. The molecular weight excluding hydrogens is 420 g/mol. The molecule has 1 aromatic carbocycles. The van der Waals surface area contributed by atoms with E-state index >= 15 is 0 Å². The van der Waals surface area contributed by atoms with E-state index in [9.17, 15) is 8.42 Å². The van der Waals surface area contributed by atoms with Crippen LogP contribution in [0, 0.1) is 0 Å². The van der Waals surface area contributed by atoms with Crippen molar-refractivity contribution in [2.45, 2.75) is 37.6 Å². The zero-order chi connectivity index (χ0) is 21.1. The van der Waals surface area contributed by atoms with Gasteiger partial charge >= 0.3 is 0 Å². The first-order valence-corrected chi connectivity index (χ1v) is 12.5. The van der Waals surface area contributed by atoms with Crippen LogP contribution in [0.4, 0.5) is 0 Å². The lowest BCUT2D eigenvalue weighted by Crippen LogP contribution is -2.48. The highest BCUT2D eigenvalue weighted by atomic mass is 32.2. The van der Waals surface area contributed by atoms with Gasteiger partial charge in [0.05, 0.1) is 11.4 Å². The molecule has 1 atom stereocenters. The van der Waals surface area contributed by atoms with Gasteiger partial charge in [0.25, 0.3) is 0 Å². The second-order valence-corrected chi connectivity index (χ2v) is 10.3. The van der Waals surface area contributed by atoms with Crippen molar-refractivity contribution >= 4 is 21.4 Å². The van der Waals surface area contributed by atoms with E-state index in [1.54, 1.807) is 27.8 Å². The fourth-order valence-corrected chi connectivity index (χ4v) is 5.56. The Balaban J connectivity index is 1.35. The molecule has 4 rings (SSSR count). The summed E-state index contributed by atoms with van der Waals surface area (Å²) >= 11 is 1.59. The second-order valence-electron chi connectivity index (χ2n) is 7.58. The van der Waals surface area contributed by atoms with Gasteiger partial charge in [0.1, 0.15) is 0 Å². The lowest BCUT2D eigenvalue weighted by molar-refractivity contribution is 0.163. The first kappa shape index (κ1) is 21.2. The number of hydrogen-bond acceptors (Lipinski definition) is 7. The number of sulfonamides is 1. The number of hydrogen-bond donors (Lipinski definition) is 0. The Kier molecular flexibility index (Phi) is 6.33. The van der Waals surface area contributed by atoms with Gasteiger partial charge < -0.3 is 4.52 Å². The van der Waals surface area contributed by atoms with Crippen molar-refractivity contribution in [2.24, 2.45) is 0 Å². The molecule has 1 saturated heterocycles. The summed E-state index contributed by atoms with van der Waals surface area (Å²) in [5.74, 6) is 1.57. The Hall–Kier alpha value is -2.07. The van der Waals surface area contributed by atoms with Crippen LogP contribution in [0.5, 0.6) is 0 Å². The SMILES string of the molecule is CCC(C)c1ccc(S(=O)(=O)N2CCN(Cc3nc(-c4ccsc4)no3)CC2)cc1. The molecule has 0 aliphatic carbocycles. The summed E-state index contributed by atoms with van der Waals surface area (Å²) in [7, 11) is -3.48. The minimum Gasteiger partial charge on any atom is -0.338 e. The maximum Gasteiger partial charge on any atom is 0.243 e. The average Bonchev–Trinajstić information content (AvgIpc) is 3.46. The van der Waals surface area contributed by atoms with Crippen LogP contribution in [0.25, 0.3) is 11.4 Å². The number of thiophene rings is 1. The Morgan fingerprint density at radius 1 is 1.13 bits per heavy atom. The van der Waals surface area contributed by atoms with Crippen LogP contribution in [0.1, 0.15) is 37.6 Å². The molecule has 3 heterocycles. The molecule has 0 amide bonds. The molecule has 0 spiro atoms. The van der Waals surface area contributed by atoms with Gasteiger partial charge in [-0.05, 0) is 41.5 Å². The summed E-state index contributed by atoms with van der Waals surface area (Å²) in [6.45, 7) is 6.94. The van der Waals surface area contributed by atoms with Crippen molar-refractivity contribution in [3.63, 3.8) is 0 Å². The number of benzene rings is 1. The normalized spacial score (nSPS) is 17.3. The van der Waals surface area contributed by atoms with Crippen molar-refractivity contribution in [1.82, 2.24) is 19.3 Å². The van der Waals surface area contributed by atoms with Crippen LogP contribution in [-0.4, -0.2) is 53.9 Å². The lowest BCUT2D eigenvalue weighted by Gasteiger charge is -2.33. The van der Waals surface area contributed by atoms with Crippen LogP contribution in [0.15, 0.2) is 50.5 Å². The number of aromatic nitrogens is 2. The number of nitrogens with zero attached hydrogens (tertiary/aromatic N) is 4. The molecule has 0 N–H and O–H groups in total. The monoisotopic (exact) mass is 446 g/mol. The first-order chi connectivity index (χ1) is 14.5. The smallest absolute Gasteiger partial charge is 0.243 e. The third-order valence-corrected chi connectivity index (χ3v) is 8.23. The summed E-state index contributed by atoms with van der Waals surface area (Å²) < 4.78 is 32.9. The number of rotatable bonds is 7. The molecule has 0 bridgehead atoms. The van der Waals surface area contributed by atoms with E-state index in [0.29, 0.717) is 55.3 Å². The van der Waals surface area contributed by atoms with Crippen LogP contribution in [-0.2, 0) is 16.6 Å². The maximum atomic E-state index is 13.0. The van der Waals surface area contributed by atoms with Gasteiger partial charge in [-0.25, -0.2) is 8.42 Å². The van der Waals surface area contributed by atoms with E-state index < -0.39 is 10.0 Å². The van der Waals surface area contributed by atoms with Gasteiger partial charge in [-0.3, -0.25) is 4.90 Å². The van der Waals surface area contributed by atoms with Crippen molar-refractivity contribution in [1.29, 1.82) is 0 Å². The molecule has 0 radical (unpaired) electrons. The minimum absolute atomic E-state index is 0.361. The molecule has 7 nitrogen and oxygen atoms in total. The Bertz CT molecular complexity index is 1050. The topological polar surface area (TPSA) is 79.5 Å². The largest absolute Gasteiger partial charge is 0.338 e. The molecular formula is C21H26N4O3S2. The van der Waals surface area contributed by atoms with Crippen molar-refractivity contribution in [3.05, 3.63) is 52.5 Å². The third-order valence-electron chi connectivity index (χ3n) is 5.64. The van der Waals surface area contributed by atoms with E-state index in [1.165, 1.54) is 5.56 Å². The fraction of sp³-hybridized carbons (Fsp3) is 0.429. The molecule has 1 aliphatic rings. The van der Waals surface area contributed by atoms with Crippen molar-refractivity contribution in [2.75, 3.05) is 26.2 Å². The summed E-state index contributed by atoms with van der Waals surface area (Å²) in [6, 6.07) is 9.27. The summed E-state index contributed by atoms with van der Waals surface area (Å²) in [5.41, 5.74) is 2.12. The third kappa shape index (κ3) is 4.49. The summed E-state index contributed by atoms with van der Waals surface area (Å²) in [4.78, 5) is 6.95. The van der Waals surface area contributed by atoms with Crippen molar-refractivity contribution < 1.29 is 12.9 Å². The van der Waals surface area contributed by atoms with E-state index in [4.69, 9.17) is 4.52 Å². The predicted molar refractivity (Wildman–Crippen MR) is 117 cm³/mol. The van der Waals surface area contributed by atoms with Gasteiger partial charge in [-0.15, -0.1) is 0 Å². The molecule has 1 fully saturated rings. The molecule has 2 aromatic heterocycles. The van der Waals surface area contributed by atoms with E-state index in [1.807, 2.05) is 29.0 Å². The highest BCUT2D eigenvalue weighted by Gasteiger charge is 2.29. The van der Waals surface area contributed by atoms with Crippen LogP contribution < -0.4 is 0 Å². The van der Waals surface area contributed by atoms with Gasteiger partial charge in [-0.2, -0.15) is 20.6 Å². The second kappa shape index (κ2) is 8.97. The molecule has 9 heteroatoms. The lowest BCUT2D eigenvalue weighted by atomic mass is 9.99. The van der Waals surface area contributed by atoms with Gasteiger partial charge in [0.15, 0.2) is 0 Å². The molecule has 0 saturated carbocycles. The van der Waals surface area contributed by atoms with Crippen LogP contribution in [0.2, 0.25) is 0 Å². The average molecular weight is 447 g/mol. The zero-order valence-corrected chi connectivity index (χ0v) is 18.8. The summed E-state index contributed by atoms with van der Waals surface area (Å²) in [6.07, 6.45) is 1.03. The van der Waals surface area contributed by atoms with Crippen LogP contribution >= 0.6 is 11.3 Å². The highest BCUT2D eigenvalue weighted by molar-refractivity contribution is 7.89. The quantitative estimate of drug-likeness (QED) is 0.549. The fourth-order valence-electron chi connectivity index (χ4n) is 3.50. The van der Waals surface area contributed by atoms with E-state index in [2.05, 4.69) is 28.9 Å². The predicted octanol–water partition coefficient (Wildman–Crippen LogP) is 3.82. The van der Waals surface area contributed by atoms with Gasteiger partial charge in [-0.1, -0.05) is 31.1 Å². The molecule has 1 unspecified atom stereocenters. The summed E-state index contributed by atoms with van der Waals surface area (Å²) in [5, 5.41) is 7.99. The Morgan fingerprint density at radius 2 is 1.87 bits per heavy atom.